The second-order valence-electron chi connectivity index (χ2n) is 3.71. The van der Waals surface area contributed by atoms with E-state index >= 15 is 0 Å². The first-order chi connectivity index (χ1) is 7.79. The zero-order valence-electron chi connectivity index (χ0n) is 9.24. The summed E-state index contributed by atoms with van der Waals surface area (Å²) in [5.41, 5.74) is 1.88. The number of rotatable bonds is 4. The Morgan fingerprint density at radius 1 is 1.44 bits per heavy atom. The first-order valence-corrected chi connectivity index (χ1v) is 5.39. The van der Waals surface area contributed by atoms with Crippen LogP contribution < -0.4 is 0 Å². The summed E-state index contributed by atoms with van der Waals surface area (Å²) in [7, 11) is 0. The Labute approximate surface area is 94.6 Å². The van der Waals surface area contributed by atoms with E-state index in [1.807, 2.05) is 29.9 Å². The minimum Gasteiger partial charge on any atom is -0.388 e. The molecule has 16 heavy (non-hydrogen) atoms. The van der Waals surface area contributed by atoms with Gasteiger partial charge in [-0.2, -0.15) is 5.10 Å². The average molecular weight is 217 g/mol. The van der Waals surface area contributed by atoms with Crippen LogP contribution in [0.15, 0.2) is 36.9 Å². The summed E-state index contributed by atoms with van der Waals surface area (Å²) in [4.78, 5) is 3.99. The Bertz CT molecular complexity index is 439. The van der Waals surface area contributed by atoms with Crippen molar-refractivity contribution in [1.82, 2.24) is 14.8 Å². The second kappa shape index (κ2) is 4.90. The molecule has 4 nitrogen and oxygen atoms in total. The molecule has 2 rings (SSSR count). The van der Waals surface area contributed by atoms with Crippen molar-refractivity contribution in [3.8, 4) is 0 Å². The molecule has 0 fully saturated rings. The summed E-state index contributed by atoms with van der Waals surface area (Å²) in [6.07, 6.45) is 7.21. The molecule has 0 aliphatic heterocycles. The first-order valence-electron chi connectivity index (χ1n) is 5.39. The summed E-state index contributed by atoms with van der Waals surface area (Å²) in [6.45, 7) is 2.89. The van der Waals surface area contributed by atoms with E-state index in [1.165, 1.54) is 0 Å². The minimum atomic E-state index is -0.511. The van der Waals surface area contributed by atoms with Crippen LogP contribution in [0.1, 0.15) is 24.2 Å². The van der Waals surface area contributed by atoms with Crippen molar-refractivity contribution in [3.63, 3.8) is 0 Å². The van der Waals surface area contributed by atoms with Crippen LogP contribution in [0.2, 0.25) is 0 Å². The highest BCUT2D eigenvalue weighted by molar-refractivity contribution is 5.16. The summed E-state index contributed by atoms with van der Waals surface area (Å²) >= 11 is 0. The van der Waals surface area contributed by atoms with Crippen LogP contribution in [0.4, 0.5) is 0 Å². The number of aliphatic hydroxyl groups is 1. The van der Waals surface area contributed by atoms with E-state index in [0.29, 0.717) is 6.42 Å². The molecule has 84 valence electrons. The fourth-order valence-electron chi connectivity index (χ4n) is 1.60. The zero-order chi connectivity index (χ0) is 11.4. The Morgan fingerprint density at radius 2 is 2.31 bits per heavy atom. The molecule has 0 aromatic carbocycles. The lowest BCUT2D eigenvalue weighted by Gasteiger charge is -2.08. The maximum Gasteiger partial charge on any atom is 0.0846 e. The molecule has 2 aromatic heterocycles. The number of nitrogens with zero attached hydrogens (tertiary/aromatic N) is 3. The third-order valence-corrected chi connectivity index (χ3v) is 2.51. The van der Waals surface area contributed by atoms with Gasteiger partial charge < -0.3 is 5.11 Å². The van der Waals surface area contributed by atoms with E-state index in [9.17, 15) is 5.11 Å². The maximum absolute atomic E-state index is 9.98. The van der Waals surface area contributed by atoms with E-state index in [2.05, 4.69) is 10.1 Å². The smallest absolute Gasteiger partial charge is 0.0846 e. The molecule has 4 heteroatoms. The SMILES string of the molecule is CCn1cc(CC(O)c2cccnc2)cn1. The van der Waals surface area contributed by atoms with Gasteiger partial charge in [0.25, 0.3) is 0 Å². The van der Waals surface area contributed by atoms with Crippen LogP contribution in [0.5, 0.6) is 0 Å². The molecule has 2 heterocycles. The van der Waals surface area contributed by atoms with Crippen molar-refractivity contribution in [1.29, 1.82) is 0 Å². The van der Waals surface area contributed by atoms with Gasteiger partial charge in [-0.1, -0.05) is 6.07 Å². The van der Waals surface area contributed by atoms with Gasteiger partial charge in [-0.15, -0.1) is 0 Å². The fourth-order valence-corrected chi connectivity index (χ4v) is 1.60. The van der Waals surface area contributed by atoms with E-state index in [0.717, 1.165) is 17.7 Å². The lowest BCUT2D eigenvalue weighted by atomic mass is 10.1. The predicted octanol–water partition coefficient (Wildman–Crippen LogP) is 1.57. The molecule has 0 radical (unpaired) electrons. The molecular weight excluding hydrogens is 202 g/mol. The van der Waals surface area contributed by atoms with Gasteiger partial charge in [-0.05, 0) is 24.1 Å². The highest BCUT2D eigenvalue weighted by atomic mass is 16.3. The number of hydrogen-bond acceptors (Lipinski definition) is 3. The van der Waals surface area contributed by atoms with Crippen molar-refractivity contribution in [2.24, 2.45) is 0 Å². The van der Waals surface area contributed by atoms with Gasteiger partial charge in [0.15, 0.2) is 0 Å². The van der Waals surface area contributed by atoms with E-state index in [4.69, 9.17) is 0 Å². The molecule has 0 spiro atoms. The predicted molar refractivity (Wildman–Crippen MR) is 60.8 cm³/mol. The molecule has 0 amide bonds. The normalized spacial score (nSPS) is 12.6. The largest absolute Gasteiger partial charge is 0.388 e. The number of pyridine rings is 1. The Hall–Kier alpha value is -1.68. The average Bonchev–Trinajstić information content (AvgIpc) is 2.78. The lowest BCUT2D eigenvalue weighted by molar-refractivity contribution is 0.178. The van der Waals surface area contributed by atoms with Gasteiger partial charge in [0.05, 0.1) is 12.3 Å². The summed E-state index contributed by atoms with van der Waals surface area (Å²) in [5, 5.41) is 14.2. The quantitative estimate of drug-likeness (QED) is 0.845. The molecular formula is C12H15N3O. The summed E-state index contributed by atoms with van der Waals surface area (Å²) in [6, 6.07) is 3.70. The van der Waals surface area contributed by atoms with E-state index < -0.39 is 6.10 Å². The highest BCUT2D eigenvalue weighted by Crippen LogP contribution is 2.16. The van der Waals surface area contributed by atoms with Crippen LogP contribution >= 0.6 is 0 Å². The van der Waals surface area contributed by atoms with Gasteiger partial charge >= 0.3 is 0 Å². The number of aliphatic hydroxyl groups excluding tert-OH is 1. The van der Waals surface area contributed by atoms with Gasteiger partial charge in [-0.3, -0.25) is 9.67 Å². The number of aryl methyl sites for hydroxylation is 1. The molecule has 0 bridgehead atoms. The highest BCUT2D eigenvalue weighted by Gasteiger charge is 2.09. The summed E-state index contributed by atoms with van der Waals surface area (Å²) < 4.78 is 1.85. The van der Waals surface area contributed by atoms with Crippen LogP contribution in [-0.2, 0) is 13.0 Å². The van der Waals surface area contributed by atoms with Crippen LogP contribution in [-0.4, -0.2) is 19.9 Å². The van der Waals surface area contributed by atoms with Gasteiger partial charge in [0, 0.05) is 31.6 Å². The van der Waals surface area contributed by atoms with Gasteiger partial charge in [0.1, 0.15) is 0 Å². The van der Waals surface area contributed by atoms with E-state index in [1.54, 1.807) is 18.6 Å². The molecule has 1 unspecified atom stereocenters. The zero-order valence-corrected chi connectivity index (χ0v) is 9.24. The Morgan fingerprint density at radius 3 is 2.94 bits per heavy atom. The number of aromatic nitrogens is 3. The van der Waals surface area contributed by atoms with Crippen LogP contribution in [0, 0.1) is 0 Å². The second-order valence-corrected chi connectivity index (χ2v) is 3.71. The maximum atomic E-state index is 9.98. The lowest BCUT2D eigenvalue weighted by Crippen LogP contribution is -2.01. The third-order valence-electron chi connectivity index (χ3n) is 2.51. The summed E-state index contributed by atoms with van der Waals surface area (Å²) in [5.74, 6) is 0. The standard InChI is InChI=1S/C12H15N3O/c1-2-15-9-10(7-14-15)6-12(16)11-4-3-5-13-8-11/h3-5,7-9,12,16H,2,6H2,1H3. The van der Waals surface area contributed by atoms with Crippen molar-refractivity contribution in [2.75, 3.05) is 0 Å². The van der Waals surface area contributed by atoms with Crippen molar-refractivity contribution in [3.05, 3.63) is 48.0 Å². The molecule has 1 atom stereocenters. The molecule has 0 saturated carbocycles. The topological polar surface area (TPSA) is 50.9 Å². The molecule has 0 saturated heterocycles. The fraction of sp³-hybridized carbons (Fsp3) is 0.333. The van der Waals surface area contributed by atoms with Gasteiger partial charge in [-0.25, -0.2) is 0 Å². The minimum absolute atomic E-state index is 0.511. The van der Waals surface area contributed by atoms with Gasteiger partial charge in [0.2, 0.25) is 0 Å². The molecule has 2 aromatic rings. The first kappa shape index (κ1) is 10.8. The monoisotopic (exact) mass is 217 g/mol. The van der Waals surface area contributed by atoms with Crippen molar-refractivity contribution in [2.45, 2.75) is 26.0 Å². The Kier molecular flexibility index (Phi) is 3.31. The third kappa shape index (κ3) is 2.46. The molecule has 0 aliphatic carbocycles. The van der Waals surface area contributed by atoms with Crippen LogP contribution in [0.3, 0.4) is 0 Å². The van der Waals surface area contributed by atoms with Crippen molar-refractivity contribution >= 4 is 0 Å². The Balaban J connectivity index is 2.05. The van der Waals surface area contributed by atoms with Crippen molar-refractivity contribution < 1.29 is 5.11 Å². The number of hydrogen-bond donors (Lipinski definition) is 1. The molecule has 0 aliphatic rings. The van der Waals surface area contributed by atoms with Crippen LogP contribution in [0.25, 0.3) is 0 Å². The van der Waals surface area contributed by atoms with E-state index in [-0.39, 0.29) is 0 Å². The molecule has 1 N–H and O–H groups in total.